The summed E-state index contributed by atoms with van der Waals surface area (Å²) in [4.78, 5) is 6.22. The number of hydrogen-bond donors (Lipinski definition) is 0. The summed E-state index contributed by atoms with van der Waals surface area (Å²) < 4.78 is 6.59. The van der Waals surface area contributed by atoms with E-state index < -0.39 is 0 Å². The minimum atomic E-state index is 0.628. The first-order valence-corrected chi connectivity index (χ1v) is 5.96. The third kappa shape index (κ3) is 2.26. The Morgan fingerprint density at radius 3 is 2.84 bits per heavy atom. The van der Waals surface area contributed by atoms with Crippen molar-refractivity contribution in [2.45, 2.75) is 20.4 Å². The zero-order chi connectivity index (χ0) is 13.4. The van der Waals surface area contributed by atoms with Crippen LogP contribution in [0.5, 0.6) is 0 Å². The zero-order valence-corrected chi connectivity index (χ0v) is 11.0. The van der Waals surface area contributed by atoms with E-state index in [2.05, 4.69) is 20.3 Å². The highest BCUT2D eigenvalue weighted by Gasteiger charge is 2.09. The lowest BCUT2D eigenvalue weighted by molar-refractivity contribution is 0.390. The molecule has 0 aliphatic carbocycles. The molecule has 0 aliphatic heterocycles. The van der Waals surface area contributed by atoms with Crippen LogP contribution in [0.25, 0.3) is 5.65 Å². The Hall–Kier alpha value is -2.44. The SMILES string of the molecule is Cc1nc2ccc(N(C)Cc3cc(C)on3)nn2n1. The van der Waals surface area contributed by atoms with Gasteiger partial charge >= 0.3 is 0 Å². The molecular weight excluding hydrogens is 244 g/mol. The first kappa shape index (κ1) is 11.6. The monoisotopic (exact) mass is 258 g/mol. The maximum absolute atomic E-state index is 5.05. The molecule has 0 bridgehead atoms. The molecule has 0 atom stereocenters. The van der Waals surface area contributed by atoms with Crippen LogP contribution >= 0.6 is 0 Å². The molecule has 0 fully saturated rings. The van der Waals surface area contributed by atoms with Gasteiger partial charge in [0, 0.05) is 13.1 Å². The van der Waals surface area contributed by atoms with Gasteiger partial charge in [0.2, 0.25) is 0 Å². The second kappa shape index (κ2) is 4.34. The molecular formula is C12H14N6O. The van der Waals surface area contributed by atoms with Gasteiger partial charge in [-0.15, -0.1) is 14.8 Å². The van der Waals surface area contributed by atoms with E-state index in [4.69, 9.17) is 4.52 Å². The van der Waals surface area contributed by atoms with Gasteiger partial charge in [-0.05, 0) is 26.0 Å². The predicted molar refractivity (Wildman–Crippen MR) is 68.9 cm³/mol. The Kier molecular flexibility index (Phi) is 2.66. The molecule has 3 heterocycles. The number of aromatic nitrogens is 5. The predicted octanol–water partition coefficient (Wildman–Crippen LogP) is 1.37. The number of hydrogen-bond acceptors (Lipinski definition) is 6. The number of fused-ring (bicyclic) bond motifs is 1. The lowest BCUT2D eigenvalue weighted by atomic mass is 10.3. The van der Waals surface area contributed by atoms with Crippen molar-refractivity contribution in [3.8, 4) is 0 Å². The molecule has 0 saturated heterocycles. The quantitative estimate of drug-likeness (QED) is 0.706. The maximum Gasteiger partial charge on any atom is 0.176 e. The number of anilines is 1. The van der Waals surface area contributed by atoms with Crippen LogP contribution in [-0.2, 0) is 6.54 Å². The lowest BCUT2D eigenvalue weighted by Gasteiger charge is -2.15. The zero-order valence-electron chi connectivity index (χ0n) is 11.0. The molecule has 0 radical (unpaired) electrons. The van der Waals surface area contributed by atoms with Crippen molar-refractivity contribution in [3.05, 3.63) is 35.5 Å². The summed E-state index contributed by atoms with van der Waals surface area (Å²) in [5.74, 6) is 2.32. The van der Waals surface area contributed by atoms with Crippen molar-refractivity contribution in [1.82, 2.24) is 25.0 Å². The molecule has 0 amide bonds. The van der Waals surface area contributed by atoms with Crippen LogP contribution in [-0.4, -0.2) is 32.0 Å². The van der Waals surface area contributed by atoms with Gasteiger partial charge in [0.05, 0.1) is 6.54 Å². The van der Waals surface area contributed by atoms with E-state index in [0.717, 1.165) is 22.9 Å². The van der Waals surface area contributed by atoms with Crippen molar-refractivity contribution in [1.29, 1.82) is 0 Å². The van der Waals surface area contributed by atoms with Crippen LogP contribution in [0.3, 0.4) is 0 Å². The second-order valence-corrected chi connectivity index (χ2v) is 4.48. The molecule has 3 rings (SSSR count). The molecule has 0 aliphatic rings. The maximum atomic E-state index is 5.05. The third-order valence-electron chi connectivity index (χ3n) is 2.77. The molecule has 98 valence electrons. The highest BCUT2D eigenvalue weighted by molar-refractivity contribution is 5.44. The topological polar surface area (TPSA) is 72.4 Å². The van der Waals surface area contributed by atoms with Gasteiger partial charge in [0.1, 0.15) is 17.3 Å². The van der Waals surface area contributed by atoms with Crippen molar-refractivity contribution < 1.29 is 4.52 Å². The van der Waals surface area contributed by atoms with Gasteiger partial charge < -0.3 is 9.42 Å². The summed E-state index contributed by atoms with van der Waals surface area (Å²) in [7, 11) is 1.95. The van der Waals surface area contributed by atoms with Crippen LogP contribution in [0.4, 0.5) is 5.82 Å². The van der Waals surface area contributed by atoms with E-state index in [-0.39, 0.29) is 0 Å². The molecule has 0 N–H and O–H groups in total. The van der Waals surface area contributed by atoms with Gasteiger partial charge in [-0.3, -0.25) is 0 Å². The molecule has 7 nitrogen and oxygen atoms in total. The standard InChI is InChI=1S/C12H14N6O/c1-8-6-10(16-19-8)7-17(3)12-5-4-11-13-9(2)14-18(11)15-12/h4-6H,7H2,1-3H3. The fraction of sp³-hybridized carbons (Fsp3) is 0.333. The Morgan fingerprint density at radius 1 is 1.26 bits per heavy atom. The number of aryl methyl sites for hydroxylation is 2. The molecule has 0 unspecified atom stereocenters. The van der Waals surface area contributed by atoms with E-state index in [0.29, 0.717) is 12.4 Å². The van der Waals surface area contributed by atoms with E-state index in [1.165, 1.54) is 4.63 Å². The molecule has 0 spiro atoms. The highest BCUT2D eigenvalue weighted by atomic mass is 16.5. The average molecular weight is 258 g/mol. The molecule has 3 aromatic rings. The van der Waals surface area contributed by atoms with Gasteiger partial charge in [-0.25, -0.2) is 4.98 Å². The number of rotatable bonds is 3. The van der Waals surface area contributed by atoms with Gasteiger partial charge in [-0.2, -0.15) is 0 Å². The summed E-state index contributed by atoms with van der Waals surface area (Å²) in [6.07, 6.45) is 0. The minimum Gasteiger partial charge on any atom is -0.361 e. The van der Waals surface area contributed by atoms with E-state index >= 15 is 0 Å². The van der Waals surface area contributed by atoms with E-state index in [9.17, 15) is 0 Å². The molecule has 0 aromatic carbocycles. The minimum absolute atomic E-state index is 0.628. The van der Waals surface area contributed by atoms with Crippen molar-refractivity contribution in [3.63, 3.8) is 0 Å². The van der Waals surface area contributed by atoms with Crippen molar-refractivity contribution in [2.75, 3.05) is 11.9 Å². The van der Waals surface area contributed by atoms with Crippen LogP contribution in [0.15, 0.2) is 22.7 Å². The van der Waals surface area contributed by atoms with Crippen LogP contribution in [0.2, 0.25) is 0 Å². The Morgan fingerprint density at radius 2 is 2.11 bits per heavy atom. The summed E-state index contributed by atoms with van der Waals surface area (Å²) in [5.41, 5.74) is 1.61. The Balaban J connectivity index is 1.86. The average Bonchev–Trinajstić information content (AvgIpc) is 2.93. The van der Waals surface area contributed by atoms with Crippen molar-refractivity contribution >= 4 is 11.5 Å². The normalized spacial score (nSPS) is 11.1. The molecule has 0 saturated carbocycles. The van der Waals surface area contributed by atoms with E-state index in [1.54, 1.807) is 0 Å². The first-order valence-electron chi connectivity index (χ1n) is 5.96. The van der Waals surface area contributed by atoms with Crippen LogP contribution < -0.4 is 4.90 Å². The molecule has 7 heteroatoms. The summed E-state index contributed by atoms with van der Waals surface area (Å²) in [6.45, 7) is 4.35. The first-order chi connectivity index (χ1) is 9.11. The van der Waals surface area contributed by atoms with Gasteiger partial charge in [0.25, 0.3) is 0 Å². The highest BCUT2D eigenvalue weighted by Crippen LogP contribution is 2.13. The fourth-order valence-corrected chi connectivity index (χ4v) is 1.90. The number of nitrogens with zero attached hydrogens (tertiary/aromatic N) is 6. The molecule has 3 aromatic heterocycles. The Bertz CT molecular complexity index is 716. The summed E-state index contributed by atoms with van der Waals surface area (Å²) in [5, 5.41) is 12.6. The van der Waals surface area contributed by atoms with Crippen LogP contribution in [0.1, 0.15) is 17.3 Å². The smallest absolute Gasteiger partial charge is 0.176 e. The second-order valence-electron chi connectivity index (χ2n) is 4.48. The van der Waals surface area contributed by atoms with Gasteiger partial charge in [-0.1, -0.05) is 5.16 Å². The summed E-state index contributed by atoms with van der Waals surface area (Å²) in [6, 6.07) is 5.72. The Labute approximate surface area is 109 Å². The van der Waals surface area contributed by atoms with E-state index in [1.807, 2.05) is 44.0 Å². The fourth-order valence-electron chi connectivity index (χ4n) is 1.90. The lowest BCUT2D eigenvalue weighted by Crippen LogP contribution is -2.19. The largest absolute Gasteiger partial charge is 0.361 e. The molecule has 19 heavy (non-hydrogen) atoms. The van der Waals surface area contributed by atoms with Gasteiger partial charge in [0.15, 0.2) is 11.5 Å². The summed E-state index contributed by atoms with van der Waals surface area (Å²) >= 11 is 0. The van der Waals surface area contributed by atoms with Crippen molar-refractivity contribution in [2.24, 2.45) is 0 Å². The third-order valence-corrected chi connectivity index (χ3v) is 2.77. The van der Waals surface area contributed by atoms with Crippen LogP contribution in [0, 0.1) is 13.8 Å².